The molecule has 0 aliphatic heterocycles. The van der Waals surface area contributed by atoms with Gasteiger partial charge in [0.25, 0.3) is 10.0 Å². The molecule has 17 heavy (non-hydrogen) atoms. The third kappa shape index (κ3) is 3.19. The number of hydrogen-bond acceptors (Lipinski definition) is 4. The van der Waals surface area contributed by atoms with Crippen LogP contribution >= 0.6 is 22.9 Å². The van der Waals surface area contributed by atoms with Crippen LogP contribution in [-0.2, 0) is 10.0 Å². The number of sulfonamides is 1. The number of aromatic nitrogens is 1. The largest absolute Gasteiger partial charge is 0.252 e. The average Bonchev–Trinajstić information content (AvgIpc) is 2.59. The van der Waals surface area contributed by atoms with Gasteiger partial charge in [-0.2, -0.15) is 0 Å². The summed E-state index contributed by atoms with van der Waals surface area (Å²) in [5, 5.41) is 0. The summed E-state index contributed by atoms with van der Waals surface area (Å²) in [6.07, 6.45) is 5.23. The van der Waals surface area contributed by atoms with Crippen molar-refractivity contribution in [3.63, 3.8) is 0 Å². The molecule has 1 saturated carbocycles. The molecule has 2 rings (SSSR count). The van der Waals surface area contributed by atoms with Crippen molar-refractivity contribution in [1.82, 2.24) is 9.71 Å². The highest BCUT2D eigenvalue weighted by atomic mass is 35.5. The van der Waals surface area contributed by atoms with Crippen LogP contribution < -0.4 is 4.72 Å². The second-order valence-electron chi connectivity index (χ2n) is 4.30. The Bertz CT molecular complexity index is 492. The Morgan fingerprint density at radius 2 is 2.00 bits per heavy atom. The van der Waals surface area contributed by atoms with Crippen LogP contribution in [0.1, 0.15) is 37.8 Å². The van der Waals surface area contributed by atoms with E-state index in [9.17, 15) is 8.42 Å². The minimum atomic E-state index is -3.45. The van der Waals surface area contributed by atoms with E-state index >= 15 is 0 Å². The second kappa shape index (κ2) is 5.22. The van der Waals surface area contributed by atoms with Crippen LogP contribution in [0, 0.1) is 6.92 Å². The lowest BCUT2D eigenvalue weighted by Gasteiger charge is -2.22. The van der Waals surface area contributed by atoms with Gasteiger partial charge in [-0.25, -0.2) is 18.1 Å². The third-order valence-corrected chi connectivity index (χ3v) is 6.29. The van der Waals surface area contributed by atoms with Gasteiger partial charge in [0.1, 0.15) is 0 Å². The molecule has 7 heteroatoms. The standard InChI is InChI=1S/C10H15ClN2O2S2/c1-7-9(16-10(11)12-7)17(14,15)13-8-5-3-2-4-6-8/h8,13H,2-6H2,1H3. The van der Waals surface area contributed by atoms with Gasteiger partial charge in [-0.1, -0.05) is 42.2 Å². The van der Waals surface area contributed by atoms with Gasteiger partial charge in [-0.3, -0.25) is 0 Å². The normalized spacial score (nSPS) is 18.5. The van der Waals surface area contributed by atoms with Gasteiger partial charge in [-0.05, 0) is 19.8 Å². The van der Waals surface area contributed by atoms with Crippen molar-refractivity contribution in [2.24, 2.45) is 0 Å². The Labute approximate surface area is 110 Å². The van der Waals surface area contributed by atoms with Crippen LogP contribution in [-0.4, -0.2) is 19.4 Å². The molecule has 0 spiro atoms. The number of aryl methyl sites for hydroxylation is 1. The molecule has 1 heterocycles. The Morgan fingerprint density at radius 3 is 2.53 bits per heavy atom. The SMILES string of the molecule is Cc1nc(Cl)sc1S(=O)(=O)NC1CCCCC1. The van der Waals surface area contributed by atoms with E-state index in [0.29, 0.717) is 5.69 Å². The number of nitrogens with one attached hydrogen (secondary N) is 1. The fraction of sp³-hybridized carbons (Fsp3) is 0.700. The zero-order valence-corrected chi connectivity index (χ0v) is 12.0. The average molecular weight is 295 g/mol. The maximum absolute atomic E-state index is 12.1. The first-order chi connectivity index (χ1) is 7.99. The van der Waals surface area contributed by atoms with E-state index in [4.69, 9.17) is 11.6 Å². The van der Waals surface area contributed by atoms with Gasteiger partial charge in [0, 0.05) is 6.04 Å². The minimum absolute atomic E-state index is 0.0639. The number of thiazole rings is 1. The highest BCUT2D eigenvalue weighted by Crippen LogP contribution is 2.28. The lowest BCUT2D eigenvalue weighted by atomic mass is 9.96. The third-order valence-electron chi connectivity index (χ3n) is 2.90. The van der Waals surface area contributed by atoms with Crippen LogP contribution in [0.2, 0.25) is 4.47 Å². The maximum atomic E-state index is 12.1. The minimum Gasteiger partial charge on any atom is -0.229 e. The first-order valence-electron chi connectivity index (χ1n) is 5.64. The van der Waals surface area contributed by atoms with Gasteiger partial charge in [0.2, 0.25) is 0 Å². The molecule has 0 unspecified atom stereocenters. The predicted octanol–water partition coefficient (Wildman–Crippen LogP) is 2.72. The van der Waals surface area contributed by atoms with E-state index in [1.807, 2.05) is 0 Å². The zero-order valence-electron chi connectivity index (χ0n) is 9.57. The fourth-order valence-corrected chi connectivity index (χ4v) is 5.15. The second-order valence-corrected chi connectivity index (χ2v) is 7.79. The molecule has 0 atom stereocenters. The Hall–Kier alpha value is -0.170. The van der Waals surface area contributed by atoms with E-state index in [1.165, 1.54) is 6.42 Å². The lowest BCUT2D eigenvalue weighted by Crippen LogP contribution is -2.36. The van der Waals surface area contributed by atoms with Crippen molar-refractivity contribution >= 4 is 33.0 Å². The zero-order chi connectivity index (χ0) is 12.5. The van der Waals surface area contributed by atoms with Gasteiger partial charge >= 0.3 is 0 Å². The molecule has 1 aliphatic rings. The summed E-state index contributed by atoms with van der Waals surface area (Å²) in [6, 6.07) is 0.0639. The van der Waals surface area contributed by atoms with Gasteiger partial charge < -0.3 is 0 Å². The molecule has 4 nitrogen and oxygen atoms in total. The first kappa shape index (κ1) is 13.3. The van der Waals surface area contributed by atoms with Crippen LogP contribution in [0.3, 0.4) is 0 Å². The topological polar surface area (TPSA) is 59.1 Å². The van der Waals surface area contributed by atoms with Gasteiger partial charge in [-0.15, -0.1) is 0 Å². The molecule has 1 fully saturated rings. The number of hydrogen-bond donors (Lipinski definition) is 1. The number of rotatable bonds is 3. The van der Waals surface area contributed by atoms with Gasteiger partial charge in [0.05, 0.1) is 5.69 Å². The summed E-state index contributed by atoms with van der Waals surface area (Å²) >= 11 is 6.74. The maximum Gasteiger partial charge on any atom is 0.252 e. The summed E-state index contributed by atoms with van der Waals surface area (Å²) in [5.41, 5.74) is 0.475. The fourth-order valence-electron chi connectivity index (χ4n) is 2.09. The van der Waals surface area contributed by atoms with Crippen molar-refractivity contribution in [2.45, 2.75) is 49.3 Å². The molecular weight excluding hydrogens is 280 g/mol. The Morgan fingerprint density at radius 1 is 1.35 bits per heavy atom. The Kier molecular flexibility index (Phi) is 4.07. The molecule has 96 valence electrons. The molecule has 0 amide bonds. The summed E-state index contributed by atoms with van der Waals surface area (Å²) in [6.45, 7) is 1.66. The lowest BCUT2D eigenvalue weighted by molar-refractivity contribution is 0.412. The van der Waals surface area contributed by atoms with E-state index in [2.05, 4.69) is 9.71 Å². The van der Waals surface area contributed by atoms with Gasteiger partial charge in [0.15, 0.2) is 8.68 Å². The van der Waals surface area contributed by atoms with E-state index in [-0.39, 0.29) is 14.7 Å². The van der Waals surface area contributed by atoms with Crippen LogP contribution in [0.25, 0.3) is 0 Å². The molecule has 0 radical (unpaired) electrons. The summed E-state index contributed by atoms with van der Waals surface area (Å²) < 4.78 is 27.5. The molecule has 1 aromatic rings. The van der Waals surface area contributed by atoms with Crippen molar-refractivity contribution < 1.29 is 8.42 Å². The van der Waals surface area contributed by atoms with E-state index < -0.39 is 10.0 Å². The summed E-state index contributed by atoms with van der Waals surface area (Å²) in [4.78, 5) is 3.94. The highest BCUT2D eigenvalue weighted by Gasteiger charge is 2.25. The molecule has 0 aromatic carbocycles. The van der Waals surface area contributed by atoms with Crippen molar-refractivity contribution in [3.05, 3.63) is 10.2 Å². The molecule has 0 bridgehead atoms. The van der Waals surface area contributed by atoms with Crippen LogP contribution in [0.15, 0.2) is 4.21 Å². The van der Waals surface area contributed by atoms with Crippen molar-refractivity contribution in [3.8, 4) is 0 Å². The smallest absolute Gasteiger partial charge is 0.229 e. The molecule has 1 aromatic heterocycles. The quantitative estimate of drug-likeness (QED) is 0.932. The Balaban J connectivity index is 2.15. The molecule has 1 N–H and O–H groups in total. The van der Waals surface area contributed by atoms with E-state index in [1.54, 1.807) is 6.92 Å². The number of nitrogens with zero attached hydrogens (tertiary/aromatic N) is 1. The molecular formula is C10H15ClN2O2S2. The first-order valence-corrected chi connectivity index (χ1v) is 8.32. The predicted molar refractivity (Wildman–Crippen MR) is 69.1 cm³/mol. The summed E-state index contributed by atoms with van der Waals surface area (Å²) in [5.74, 6) is 0. The highest BCUT2D eigenvalue weighted by molar-refractivity contribution is 7.91. The summed E-state index contributed by atoms with van der Waals surface area (Å²) in [7, 11) is -3.45. The van der Waals surface area contributed by atoms with Crippen molar-refractivity contribution in [2.75, 3.05) is 0 Å². The monoisotopic (exact) mass is 294 g/mol. The van der Waals surface area contributed by atoms with Crippen molar-refractivity contribution in [1.29, 1.82) is 0 Å². The number of halogens is 1. The molecule has 0 saturated heterocycles. The van der Waals surface area contributed by atoms with Crippen LogP contribution in [0.4, 0.5) is 0 Å². The van der Waals surface area contributed by atoms with Crippen LogP contribution in [0.5, 0.6) is 0 Å². The van der Waals surface area contributed by atoms with E-state index in [0.717, 1.165) is 37.0 Å². The molecule has 1 aliphatic carbocycles.